The number of nitrogens with two attached hydrogens (primary N) is 1. The molecule has 0 aliphatic carbocycles. The van der Waals surface area contributed by atoms with Crippen molar-refractivity contribution in [2.75, 3.05) is 6.61 Å². The first-order chi connectivity index (χ1) is 6.22. The summed E-state index contributed by atoms with van der Waals surface area (Å²) in [4.78, 5) is 0. The Bertz CT molecular complexity index is 282. The predicted molar refractivity (Wildman–Crippen MR) is 56.8 cm³/mol. The smallest absolute Gasteiger partial charge is 0.254 e. The molecule has 0 saturated heterocycles. The first kappa shape index (κ1) is 13.6. The van der Waals surface area contributed by atoms with E-state index in [1.165, 1.54) is 0 Å². The molecule has 0 radical (unpaired) electrons. The molecule has 0 aromatic rings. The van der Waals surface area contributed by atoms with Gasteiger partial charge in [-0.05, 0) is 18.3 Å². The van der Waals surface area contributed by atoms with Gasteiger partial charge in [-0.2, -0.15) is 8.42 Å². The van der Waals surface area contributed by atoms with Gasteiger partial charge in [-0.25, -0.2) is 5.14 Å². The highest BCUT2D eigenvalue weighted by Gasteiger charge is 2.10. The SMILES string of the molecule is C=C(COS(N)(=O)=O)CC(C)C(C)C. The summed E-state index contributed by atoms with van der Waals surface area (Å²) in [6, 6.07) is 0. The van der Waals surface area contributed by atoms with E-state index in [2.05, 4.69) is 36.7 Å². The summed E-state index contributed by atoms with van der Waals surface area (Å²) in [5, 5.41) is 4.68. The highest BCUT2D eigenvalue weighted by atomic mass is 32.2. The summed E-state index contributed by atoms with van der Waals surface area (Å²) in [5.41, 5.74) is 0.750. The maximum atomic E-state index is 10.5. The zero-order valence-corrected chi connectivity index (χ0v) is 9.80. The quantitative estimate of drug-likeness (QED) is 0.690. The first-order valence-electron chi connectivity index (χ1n) is 4.56. The molecule has 0 aromatic heterocycles. The Labute approximate surface area is 86.4 Å². The van der Waals surface area contributed by atoms with E-state index in [1.54, 1.807) is 0 Å². The zero-order valence-electron chi connectivity index (χ0n) is 8.99. The van der Waals surface area contributed by atoms with Gasteiger partial charge in [-0.3, -0.25) is 4.18 Å². The summed E-state index contributed by atoms with van der Waals surface area (Å²) in [5.74, 6) is 1.01. The van der Waals surface area contributed by atoms with Crippen molar-refractivity contribution < 1.29 is 12.6 Å². The molecule has 14 heavy (non-hydrogen) atoms. The third-order valence-corrected chi connectivity index (χ3v) is 2.62. The summed E-state index contributed by atoms with van der Waals surface area (Å²) in [7, 11) is -3.84. The average Bonchev–Trinajstić information content (AvgIpc) is 1.99. The maximum Gasteiger partial charge on any atom is 0.333 e. The van der Waals surface area contributed by atoms with Crippen molar-refractivity contribution in [3.05, 3.63) is 12.2 Å². The van der Waals surface area contributed by atoms with Crippen molar-refractivity contribution in [1.29, 1.82) is 0 Å². The Morgan fingerprint density at radius 3 is 2.29 bits per heavy atom. The monoisotopic (exact) mass is 221 g/mol. The van der Waals surface area contributed by atoms with Gasteiger partial charge in [-0.15, -0.1) is 0 Å². The second-order valence-electron chi connectivity index (χ2n) is 3.93. The van der Waals surface area contributed by atoms with Gasteiger partial charge in [0.2, 0.25) is 0 Å². The van der Waals surface area contributed by atoms with Crippen LogP contribution in [0, 0.1) is 11.8 Å². The van der Waals surface area contributed by atoms with Gasteiger partial charge < -0.3 is 0 Å². The molecule has 4 nitrogen and oxygen atoms in total. The number of hydrogen-bond donors (Lipinski definition) is 1. The molecule has 0 heterocycles. The van der Waals surface area contributed by atoms with Crippen LogP contribution in [0.15, 0.2) is 12.2 Å². The van der Waals surface area contributed by atoms with E-state index in [4.69, 9.17) is 0 Å². The fraction of sp³-hybridized carbons (Fsp3) is 0.778. The fourth-order valence-electron chi connectivity index (χ4n) is 0.915. The van der Waals surface area contributed by atoms with Gasteiger partial charge in [0.1, 0.15) is 0 Å². The molecule has 1 unspecified atom stereocenters. The normalized spacial score (nSPS) is 14.4. The molecule has 84 valence electrons. The highest BCUT2D eigenvalue weighted by Crippen LogP contribution is 2.18. The van der Waals surface area contributed by atoms with Crippen LogP contribution in [0.3, 0.4) is 0 Å². The van der Waals surface area contributed by atoms with E-state index in [-0.39, 0.29) is 6.61 Å². The molecule has 0 saturated carbocycles. The van der Waals surface area contributed by atoms with Crippen molar-refractivity contribution in [3.8, 4) is 0 Å². The summed E-state index contributed by atoms with van der Waals surface area (Å²) in [6.45, 7) is 10.0. The van der Waals surface area contributed by atoms with Gasteiger partial charge in [0.05, 0.1) is 6.61 Å². The molecule has 0 rings (SSSR count). The molecule has 2 N–H and O–H groups in total. The zero-order chi connectivity index (χ0) is 11.4. The molecule has 0 spiro atoms. The lowest BCUT2D eigenvalue weighted by molar-refractivity contribution is 0.330. The summed E-state index contributed by atoms with van der Waals surface area (Å²) < 4.78 is 25.4. The lowest BCUT2D eigenvalue weighted by Gasteiger charge is -2.16. The van der Waals surface area contributed by atoms with E-state index in [1.807, 2.05) is 0 Å². The third kappa shape index (κ3) is 7.06. The molecular weight excluding hydrogens is 202 g/mol. The Hall–Kier alpha value is -0.390. The predicted octanol–water partition coefficient (Wildman–Crippen LogP) is 1.44. The number of hydrogen-bond acceptors (Lipinski definition) is 3. The van der Waals surface area contributed by atoms with Gasteiger partial charge in [0.15, 0.2) is 0 Å². The molecule has 0 aromatic carbocycles. The second-order valence-corrected chi connectivity index (χ2v) is 5.15. The summed E-state index contributed by atoms with van der Waals surface area (Å²) in [6.07, 6.45) is 0.757. The minimum Gasteiger partial charge on any atom is -0.254 e. The molecule has 5 heteroatoms. The minimum absolute atomic E-state index is 0.0180. The van der Waals surface area contributed by atoms with Gasteiger partial charge in [-0.1, -0.05) is 32.9 Å². The third-order valence-electron chi connectivity index (χ3n) is 2.18. The molecule has 1 atom stereocenters. The van der Waals surface area contributed by atoms with Crippen LogP contribution < -0.4 is 5.14 Å². The Morgan fingerprint density at radius 2 is 1.93 bits per heavy atom. The van der Waals surface area contributed by atoms with Crippen LogP contribution in [0.5, 0.6) is 0 Å². The van der Waals surface area contributed by atoms with Crippen molar-refractivity contribution in [3.63, 3.8) is 0 Å². The van der Waals surface area contributed by atoms with Crippen molar-refractivity contribution in [2.45, 2.75) is 27.2 Å². The second kappa shape index (κ2) is 5.48. The average molecular weight is 221 g/mol. The standard InChI is InChI=1S/C9H19NO3S/c1-7(2)9(4)5-8(3)6-13-14(10,11)12/h7,9H,3,5-6H2,1-2,4H3,(H2,10,11,12). The summed E-state index contributed by atoms with van der Waals surface area (Å²) >= 11 is 0. The van der Waals surface area contributed by atoms with Crippen LogP contribution in [0.25, 0.3) is 0 Å². The van der Waals surface area contributed by atoms with E-state index in [0.717, 1.165) is 12.0 Å². The molecule has 0 amide bonds. The van der Waals surface area contributed by atoms with E-state index >= 15 is 0 Å². The minimum atomic E-state index is -3.84. The van der Waals surface area contributed by atoms with Crippen LogP contribution in [0.4, 0.5) is 0 Å². The lowest BCUT2D eigenvalue weighted by atomic mass is 9.92. The lowest BCUT2D eigenvalue weighted by Crippen LogP contribution is -2.18. The molecule has 0 bridgehead atoms. The maximum absolute atomic E-state index is 10.5. The molecule has 0 fully saturated rings. The van der Waals surface area contributed by atoms with Crippen LogP contribution >= 0.6 is 0 Å². The van der Waals surface area contributed by atoms with Crippen LogP contribution in [-0.4, -0.2) is 15.0 Å². The largest absolute Gasteiger partial charge is 0.333 e. The molecular formula is C9H19NO3S. The molecule has 0 aliphatic heterocycles. The first-order valence-corrected chi connectivity index (χ1v) is 6.03. The van der Waals surface area contributed by atoms with E-state index in [0.29, 0.717) is 11.8 Å². The van der Waals surface area contributed by atoms with E-state index < -0.39 is 10.3 Å². The molecule has 0 aliphatic rings. The number of rotatable bonds is 6. The van der Waals surface area contributed by atoms with Crippen LogP contribution in [0.1, 0.15) is 27.2 Å². The highest BCUT2D eigenvalue weighted by molar-refractivity contribution is 7.84. The Kier molecular flexibility index (Phi) is 5.33. The van der Waals surface area contributed by atoms with Crippen molar-refractivity contribution in [1.82, 2.24) is 0 Å². The van der Waals surface area contributed by atoms with Crippen molar-refractivity contribution >= 4 is 10.3 Å². The van der Waals surface area contributed by atoms with Gasteiger partial charge >= 0.3 is 10.3 Å². The van der Waals surface area contributed by atoms with Crippen molar-refractivity contribution in [2.24, 2.45) is 17.0 Å². The van der Waals surface area contributed by atoms with Gasteiger partial charge in [0, 0.05) is 0 Å². The topological polar surface area (TPSA) is 69.4 Å². The van der Waals surface area contributed by atoms with Gasteiger partial charge in [0.25, 0.3) is 0 Å². The van der Waals surface area contributed by atoms with Crippen LogP contribution in [-0.2, 0) is 14.5 Å². The Morgan fingerprint density at radius 1 is 1.43 bits per heavy atom. The fourth-order valence-corrected chi connectivity index (χ4v) is 1.25. The van der Waals surface area contributed by atoms with E-state index in [9.17, 15) is 8.42 Å². The van der Waals surface area contributed by atoms with Crippen LogP contribution in [0.2, 0.25) is 0 Å². The Balaban J connectivity index is 3.89.